The number of aromatic nitrogens is 1. The molecule has 26 heavy (non-hydrogen) atoms. The molecule has 0 aliphatic heterocycles. The lowest BCUT2D eigenvalue weighted by molar-refractivity contribution is -0.120. The highest BCUT2D eigenvalue weighted by atomic mass is 32.1. The first kappa shape index (κ1) is 18.1. The Bertz CT molecular complexity index is 790. The van der Waals surface area contributed by atoms with Gasteiger partial charge in [-0.2, -0.15) is 0 Å². The Labute approximate surface area is 163 Å². The summed E-state index contributed by atoms with van der Waals surface area (Å²) in [5, 5.41) is 7.41. The lowest BCUT2D eigenvalue weighted by atomic mass is 9.88. The fourth-order valence-corrected chi connectivity index (χ4v) is 6.37. The van der Waals surface area contributed by atoms with E-state index in [2.05, 4.69) is 10.7 Å². The van der Waals surface area contributed by atoms with E-state index >= 15 is 0 Å². The van der Waals surface area contributed by atoms with E-state index in [4.69, 9.17) is 9.72 Å². The lowest BCUT2D eigenvalue weighted by Gasteiger charge is -2.21. The van der Waals surface area contributed by atoms with Crippen molar-refractivity contribution in [3.05, 3.63) is 21.5 Å². The van der Waals surface area contributed by atoms with Crippen molar-refractivity contribution in [2.45, 2.75) is 64.4 Å². The summed E-state index contributed by atoms with van der Waals surface area (Å²) < 4.78 is 5.59. The molecule has 0 aromatic carbocycles. The number of nitrogens with zero attached hydrogens (tertiary/aromatic N) is 1. The summed E-state index contributed by atoms with van der Waals surface area (Å²) in [4.78, 5) is 18.9. The number of thiophene rings is 1. The van der Waals surface area contributed by atoms with Gasteiger partial charge < -0.3 is 10.1 Å². The van der Waals surface area contributed by atoms with Gasteiger partial charge in [-0.05, 0) is 38.2 Å². The predicted octanol–water partition coefficient (Wildman–Crippen LogP) is 5.20. The van der Waals surface area contributed by atoms with Crippen molar-refractivity contribution in [3.63, 3.8) is 0 Å². The zero-order valence-electron chi connectivity index (χ0n) is 15.5. The summed E-state index contributed by atoms with van der Waals surface area (Å²) in [6.07, 6.45) is 8.91. The number of ether oxygens (including phenoxy) is 1. The highest BCUT2D eigenvalue weighted by molar-refractivity contribution is 7.18. The van der Waals surface area contributed by atoms with Crippen LogP contribution in [0.1, 0.15) is 54.7 Å². The van der Waals surface area contributed by atoms with Crippen LogP contribution in [0.4, 0.5) is 5.00 Å². The highest BCUT2D eigenvalue weighted by Crippen LogP contribution is 2.45. The molecular weight excluding hydrogens is 364 g/mol. The summed E-state index contributed by atoms with van der Waals surface area (Å²) >= 11 is 3.41. The zero-order valence-corrected chi connectivity index (χ0v) is 17.1. The third-order valence-corrected chi connectivity index (χ3v) is 7.75. The van der Waals surface area contributed by atoms with E-state index in [0.717, 1.165) is 47.8 Å². The summed E-state index contributed by atoms with van der Waals surface area (Å²) in [5.74, 6) is 0.363. The first-order chi connectivity index (χ1) is 12.7. The third-order valence-electron chi connectivity index (χ3n) is 5.60. The molecular formula is C20H26N2O2S2. The predicted molar refractivity (Wildman–Crippen MR) is 108 cm³/mol. The molecule has 2 aliphatic carbocycles. The molecule has 140 valence electrons. The quantitative estimate of drug-likeness (QED) is 0.780. The van der Waals surface area contributed by atoms with Crippen LogP contribution in [0.3, 0.4) is 0 Å². The van der Waals surface area contributed by atoms with Gasteiger partial charge in [0.2, 0.25) is 5.91 Å². The van der Waals surface area contributed by atoms with Crippen LogP contribution in [0.2, 0.25) is 0 Å². The van der Waals surface area contributed by atoms with Gasteiger partial charge in [-0.3, -0.25) is 4.79 Å². The number of hydrogen-bond acceptors (Lipinski definition) is 5. The maximum atomic E-state index is 12.8. The van der Waals surface area contributed by atoms with Gasteiger partial charge in [0.1, 0.15) is 10.0 Å². The normalized spacial score (nSPS) is 20.8. The van der Waals surface area contributed by atoms with Crippen LogP contribution in [-0.4, -0.2) is 24.1 Å². The Morgan fingerprint density at radius 2 is 2.08 bits per heavy atom. The smallest absolute Gasteiger partial charge is 0.228 e. The second-order valence-electron chi connectivity index (χ2n) is 7.43. The molecule has 1 unspecified atom stereocenters. The molecule has 2 aromatic heterocycles. The number of nitrogens with one attached hydrogen (secondary N) is 1. The number of fused-ring (bicyclic) bond motifs is 1. The Morgan fingerprint density at radius 3 is 2.77 bits per heavy atom. The van der Waals surface area contributed by atoms with Crippen LogP contribution in [0.15, 0.2) is 5.38 Å². The monoisotopic (exact) mass is 390 g/mol. The fraction of sp³-hybridized carbons (Fsp3) is 0.600. The van der Waals surface area contributed by atoms with E-state index in [1.165, 1.54) is 35.3 Å². The molecule has 0 radical (unpaired) electrons. The Balaban J connectivity index is 1.66. The molecule has 0 spiro atoms. The van der Waals surface area contributed by atoms with Crippen molar-refractivity contribution < 1.29 is 9.53 Å². The van der Waals surface area contributed by atoms with Crippen molar-refractivity contribution >= 4 is 33.6 Å². The number of anilines is 1. The summed E-state index contributed by atoms with van der Waals surface area (Å²) in [5.41, 5.74) is 3.58. The van der Waals surface area contributed by atoms with Gasteiger partial charge in [0.15, 0.2) is 0 Å². The van der Waals surface area contributed by atoms with Crippen LogP contribution in [-0.2, 0) is 22.4 Å². The fourth-order valence-electron chi connectivity index (χ4n) is 4.12. The van der Waals surface area contributed by atoms with Crippen LogP contribution in [0.25, 0.3) is 10.6 Å². The molecule has 2 heterocycles. The summed E-state index contributed by atoms with van der Waals surface area (Å²) in [6.45, 7) is 2.03. The van der Waals surface area contributed by atoms with Gasteiger partial charge in [-0.25, -0.2) is 4.98 Å². The van der Waals surface area contributed by atoms with Crippen LogP contribution >= 0.6 is 22.7 Å². The Hall–Kier alpha value is -1.24. The standard InChI is InChI=1S/C20H26N2O2S2/c1-12-11-25-19(21-12)17-15-9-8-14(24-2)10-16(15)26-20(17)22-18(23)13-6-4-3-5-7-13/h11,13-14H,3-10H2,1-2H3,(H,22,23). The minimum absolute atomic E-state index is 0.167. The molecule has 0 bridgehead atoms. The van der Waals surface area contributed by atoms with E-state index in [1.54, 1.807) is 29.8 Å². The number of methoxy groups -OCH3 is 1. The van der Waals surface area contributed by atoms with Crippen molar-refractivity contribution in [1.82, 2.24) is 4.98 Å². The van der Waals surface area contributed by atoms with Gasteiger partial charge in [-0.15, -0.1) is 22.7 Å². The SMILES string of the molecule is COC1CCc2c(sc(NC(=O)C3CCCCC3)c2-c2nc(C)cs2)C1. The molecule has 4 rings (SSSR count). The second kappa shape index (κ2) is 7.79. The maximum absolute atomic E-state index is 12.8. The van der Waals surface area contributed by atoms with E-state index < -0.39 is 0 Å². The molecule has 2 aliphatic rings. The van der Waals surface area contributed by atoms with E-state index in [-0.39, 0.29) is 17.9 Å². The number of carbonyl (C=O) groups excluding carboxylic acids is 1. The number of amides is 1. The van der Waals surface area contributed by atoms with E-state index in [1.807, 2.05) is 6.92 Å². The largest absolute Gasteiger partial charge is 0.381 e. The van der Waals surface area contributed by atoms with Crippen molar-refractivity contribution in [2.24, 2.45) is 5.92 Å². The number of hydrogen-bond donors (Lipinski definition) is 1. The van der Waals surface area contributed by atoms with Gasteiger partial charge in [0.25, 0.3) is 0 Å². The molecule has 1 fully saturated rings. The molecule has 4 nitrogen and oxygen atoms in total. The molecule has 6 heteroatoms. The van der Waals surface area contributed by atoms with Crippen molar-refractivity contribution in [3.8, 4) is 10.6 Å². The maximum Gasteiger partial charge on any atom is 0.228 e. The minimum atomic E-state index is 0.167. The minimum Gasteiger partial charge on any atom is -0.381 e. The highest BCUT2D eigenvalue weighted by Gasteiger charge is 2.29. The van der Waals surface area contributed by atoms with Crippen LogP contribution in [0.5, 0.6) is 0 Å². The van der Waals surface area contributed by atoms with E-state index in [0.29, 0.717) is 0 Å². The lowest BCUT2D eigenvalue weighted by Crippen LogP contribution is -2.24. The molecule has 2 aromatic rings. The molecule has 1 saturated carbocycles. The average molecular weight is 391 g/mol. The molecule has 1 atom stereocenters. The van der Waals surface area contributed by atoms with Gasteiger partial charge in [0, 0.05) is 41.0 Å². The second-order valence-corrected chi connectivity index (χ2v) is 9.39. The number of carbonyl (C=O) groups is 1. The van der Waals surface area contributed by atoms with Crippen molar-refractivity contribution in [2.75, 3.05) is 12.4 Å². The molecule has 1 amide bonds. The number of thiazole rings is 1. The Morgan fingerprint density at radius 1 is 1.27 bits per heavy atom. The Kier molecular flexibility index (Phi) is 5.43. The molecule has 0 saturated heterocycles. The summed E-state index contributed by atoms with van der Waals surface area (Å²) in [6, 6.07) is 0. The summed E-state index contributed by atoms with van der Waals surface area (Å²) in [7, 11) is 1.79. The van der Waals surface area contributed by atoms with E-state index in [9.17, 15) is 4.79 Å². The van der Waals surface area contributed by atoms with Crippen molar-refractivity contribution in [1.29, 1.82) is 0 Å². The van der Waals surface area contributed by atoms with Crippen LogP contribution in [0, 0.1) is 12.8 Å². The molecule has 1 N–H and O–H groups in total. The topological polar surface area (TPSA) is 51.2 Å². The number of rotatable bonds is 4. The zero-order chi connectivity index (χ0) is 18.1. The van der Waals surface area contributed by atoms with Gasteiger partial charge >= 0.3 is 0 Å². The van der Waals surface area contributed by atoms with Gasteiger partial charge in [0.05, 0.1) is 6.10 Å². The average Bonchev–Trinajstić information content (AvgIpc) is 3.24. The first-order valence-corrected chi connectivity index (χ1v) is 11.3. The van der Waals surface area contributed by atoms with Gasteiger partial charge in [-0.1, -0.05) is 19.3 Å². The van der Waals surface area contributed by atoms with Crippen LogP contribution < -0.4 is 5.32 Å². The first-order valence-electron chi connectivity index (χ1n) is 9.56. The third kappa shape index (κ3) is 3.59. The number of aryl methyl sites for hydroxylation is 1.